The number of rotatable bonds is 9. The van der Waals surface area contributed by atoms with Gasteiger partial charge in [-0.25, -0.2) is 0 Å². The maximum Gasteiger partial charge on any atom is 0.320 e. The second-order valence-corrected chi connectivity index (χ2v) is 9.22. The average molecular weight is 489 g/mol. The van der Waals surface area contributed by atoms with E-state index in [-0.39, 0.29) is 24.3 Å². The van der Waals surface area contributed by atoms with Crippen molar-refractivity contribution in [2.75, 3.05) is 55.9 Å². The molecule has 2 aromatic carbocycles. The van der Waals surface area contributed by atoms with E-state index >= 15 is 0 Å². The van der Waals surface area contributed by atoms with Gasteiger partial charge in [-0.05, 0) is 54.3 Å². The molecule has 0 aliphatic carbocycles. The van der Waals surface area contributed by atoms with E-state index in [4.69, 9.17) is 15.2 Å². The van der Waals surface area contributed by atoms with E-state index in [1.165, 1.54) is 42.6 Å². The van der Waals surface area contributed by atoms with E-state index in [9.17, 15) is 4.79 Å². The van der Waals surface area contributed by atoms with Gasteiger partial charge in [0, 0.05) is 20.2 Å². The molecule has 1 amide bonds. The van der Waals surface area contributed by atoms with Crippen molar-refractivity contribution in [1.82, 2.24) is 14.9 Å². The van der Waals surface area contributed by atoms with Gasteiger partial charge in [-0.15, -0.1) is 0 Å². The fraction of sp³-hybridized carbons (Fsp3) is 0.370. The maximum atomic E-state index is 12.4. The van der Waals surface area contributed by atoms with Gasteiger partial charge in [-0.3, -0.25) is 9.69 Å². The fourth-order valence-corrected chi connectivity index (χ4v) is 4.70. The third kappa shape index (κ3) is 5.58. The number of nitrogens with one attached hydrogen (secondary N) is 1. The summed E-state index contributed by atoms with van der Waals surface area (Å²) in [6.45, 7) is 4.77. The van der Waals surface area contributed by atoms with Crippen molar-refractivity contribution in [3.8, 4) is 17.1 Å². The molecule has 0 unspecified atom stereocenters. The van der Waals surface area contributed by atoms with Crippen LogP contribution in [0.2, 0.25) is 0 Å². The summed E-state index contributed by atoms with van der Waals surface area (Å²) in [5.74, 6) is 0.570. The van der Waals surface area contributed by atoms with Crippen LogP contribution in [0, 0.1) is 0 Å². The second-order valence-electron chi connectivity index (χ2n) is 9.22. The third-order valence-electron chi connectivity index (χ3n) is 6.51. The summed E-state index contributed by atoms with van der Waals surface area (Å²) in [6, 6.07) is 17.4. The first kappa shape index (κ1) is 24.0. The molecule has 0 radical (unpaired) electrons. The lowest BCUT2D eigenvalue weighted by Gasteiger charge is -2.30. The predicted molar refractivity (Wildman–Crippen MR) is 140 cm³/mol. The van der Waals surface area contributed by atoms with Gasteiger partial charge in [-0.2, -0.15) is 9.97 Å². The number of hydrogen-bond acceptors (Lipinski definition) is 8. The third-order valence-corrected chi connectivity index (χ3v) is 6.51. The highest BCUT2D eigenvalue weighted by molar-refractivity contribution is 6.03. The monoisotopic (exact) mass is 488 g/mol. The Morgan fingerprint density at radius 1 is 0.972 bits per heavy atom. The molecule has 3 aromatic rings. The molecular weight excluding hydrogens is 456 g/mol. The lowest BCUT2D eigenvalue weighted by atomic mass is 10.0. The Bertz CT molecular complexity index is 1210. The number of nitrogen functional groups attached to an aromatic ring is 1. The van der Waals surface area contributed by atoms with Crippen LogP contribution in [-0.4, -0.2) is 60.7 Å². The lowest BCUT2D eigenvalue weighted by Crippen LogP contribution is -2.39. The molecule has 9 heteroatoms. The van der Waals surface area contributed by atoms with Crippen LogP contribution in [0.15, 0.2) is 48.5 Å². The Labute approximate surface area is 211 Å². The standard InChI is InChI=1S/C27H32N6O3/c1-35-13-14-36-27-30-25(28)24-26(31-27)33(18-23(34)29-24)17-19-7-9-21(10-8-19)22-6-4-5-20(15-22)16-32-11-2-3-12-32/h4-10,15H,2-3,11-14,16-18H2,1H3,(H,29,34)(H2,28,30,31). The zero-order valence-electron chi connectivity index (χ0n) is 20.6. The van der Waals surface area contributed by atoms with Gasteiger partial charge >= 0.3 is 6.01 Å². The van der Waals surface area contributed by atoms with Gasteiger partial charge in [0.2, 0.25) is 5.91 Å². The minimum absolute atomic E-state index is 0.155. The molecule has 188 valence electrons. The molecule has 36 heavy (non-hydrogen) atoms. The molecule has 5 rings (SSSR count). The highest BCUT2D eigenvalue weighted by Gasteiger charge is 2.27. The minimum Gasteiger partial charge on any atom is -0.461 e. The normalized spacial score (nSPS) is 15.6. The van der Waals surface area contributed by atoms with Crippen LogP contribution in [0.5, 0.6) is 6.01 Å². The number of ether oxygens (including phenoxy) is 2. The van der Waals surface area contributed by atoms with E-state index < -0.39 is 0 Å². The van der Waals surface area contributed by atoms with Gasteiger partial charge in [0.25, 0.3) is 0 Å². The summed E-state index contributed by atoms with van der Waals surface area (Å²) in [5.41, 5.74) is 11.3. The first-order valence-electron chi connectivity index (χ1n) is 12.3. The molecular formula is C27H32N6O3. The van der Waals surface area contributed by atoms with E-state index in [0.717, 1.165) is 12.1 Å². The number of carbonyl (C=O) groups excluding carboxylic acids is 1. The van der Waals surface area contributed by atoms with Crippen molar-refractivity contribution in [1.29, 1.82) is 0 Å². The molecule has 2 aliphatic heterocycles. The Kier molecular flexibility index (Phi) is 7.29. The Hall–Kier alpha value is -3.69. The van der Waals surface area contributed by atoms with Crippen molar-refractivity contribution in [2.45, 2.75) is 25.9 Å². The van der Waals surface area contributed by atoms with Crippen LogP contribution >= 0.6 is 0 Å². The zero-order chi connectivity index (χ0) is 24.9. The van der Waals surface area contributed by atoms with Gasteiger partial charge in [0.05, 0.1) is 13.2 Å². The number of amides is 1. The molecule has 3 heterocycles. The summed E-state index contributed by atoms with van der Waals surface area (Å²) in [6.07, 6.45) is 2.59. The molecule has 3 N–H and O–H groups in total. The molecule has 1 aromatic heterocycles. The number of fused-ring (bicyclic) bond motifs is 1. The summed E-state index contributed by atoms with van der Waals surface area (Å²) in [7, 11) is 1.60. The Balaban J connectivity index is 1.32. The van der Waals surface area contributed by atoms with Gasteiger partial charge in [0.1, 0.15) is 12.3 Å². The number of aromatic nitrogens is 2. The van der Waals surface area contributed by atoms with Crippen LogP contribution in [0.3, 0.4) is 0 Å². The number of nitrogens with zero attached hydrogens (tertiary/aromatic N) is 4. The summed E-state index contributed by atoms with van der Waals surface area (Å²) >= 11 is 0. The van der Waals surface area contributed by atoms with Crippen LogP contribution in [0.1, 0.15) is 24.0 Å². The molecule has 9 nitrogen and oxygen atoms in total. The quantitative estimate of drug-likeness (QED) is 0.442. The number of benzene rings is 2. The van der Waals surface area contributed by atoms with Crippen molar-refractivity contribution in [3.63, 3.8) is 0 Å². The van der Waals surface area contributed by atoms with E-state index in [0.29, 0.717) is 31.3 Å². The van der Waals surface area contributed by atoms with E-state index in [2.05, 4.69) is 68.7 Å². The maximum absolute atomic E-state index is 12.4. The smallest absolute Gasteiger partial charge is 0.320 e. The van der Waals surface area contributed by atoms with Crippen molar-refractivity contribution >= 4 is 23.2 Å². The van der Waals surface area contributed by atoms with Gasteiger partial charge < -0.3 is 25.4 Å². The Morgan fingerprint density at radius 2 is 1.78 bits per heavy atom. The first-order chi connectivity index (χ1) is 17.6. The van der Waals surface area contributed by atoms with Gasteiger partial charge in [-0.1, -0.05) is 42.5 Å². The molecule has 1 fully saturated rings. The number of carbonyl (C=O) groups is 1. The number of likely N-dealkylation sites (tertiary alicyclic amines) is 1. The molecule has 1 saturated heterocycles. The molecule has 0 saturated carbocycles. The highest BCUT2D eigenvalue weighted by Crippen LogP contribution is 2.34. The summed E-state index contributed by atoms with van der Waals surface area (Å²) < 4.78 is 10.6. The average Bonchev–Trinajstić information content (AvgIpc) is 3.39. The number of anilines is 3. The molecule has 0 spiro atoms. The second kappa shape index (κ2) is 10.9. The fourth-order valence-electron chi connectivity index (χ4n) is 4.70. The Morgan fingerprint density at radius 3 is 2.56 bits per heavy atom. The van der Waals surface area contributed by atoms with Crippen LogP contribution in [-0.2, 0) is 22.6 Å². The number of methoxy groups -OCH3 is 1. The molecule has 0 atom stereocenters. The van der Waals surface area contributed by atoms with Crippen molar-refractivity contribution in [2.24, 2.45) is 0 Å². The van der Waals surface area contributed by atoms with Crippen LogP contribution in [0.25, 0.3) is 11.1 Å². The van der Waals surface area contributed by atoms with E-state index in [1.807, 2.05) is 4.90 Å². The zero-order valence-corrected chi connectivity index (χ0v) is 20.6. The van der Waals surface area contributed by atoms with Crippen LogP contribution < -0.4 is 20.7 Å². The highest BCUT2D eigenvalue weighted by atomic mass is 16.5. The summed E-state index contributed by atoms with van der Waals surface area (Å²) in [5, 5.41) is 2.79. The summed E-state index contributed by atoms with van der Waals surface area (Å²) in [4.78, 5) is 25.4. The number of nitrogens with two attached hydrogens (primary N) is 1. The van der Waals surface area contributed by atoms with Crippen molar-refractivity contribution < 1.29 is 14.3 Å². The largest absolute Gasteiger partial charge is 0.461 e. The predicted octanol–water partition coefficient (Wildman–Crippen LogP) is 3.31. The van der Waals surface area contributed by atoms with Crippen molar-refractivity contribution in [3.05, 3.63) is 59.7 Å². The first-order valence-corrected chi connectivity index (χ1v) is 12.3. The molecule has 2 aliphatic rings. The number of hydrogen-bond donors (Lipinski definition) is 2. The minimum atomic E-state index is -0.155. The lowest BCUT2D eigenvalue weighted by molar-refractivity contribution is -0.115. The van der Waals surface area contributed by atoms with Crippen LogP contribution in [0.4, 0.5) is 17.3 Å². The van der Waals surface area contributed by atoms with E-state index in [1.54, 1.807) is 7.11 Å². The molecule has 0 bridgehead atoms. The topological polar surface area (TPSA) is 106 Å². The van der Waals surface area contributed by atoms with Gasteiger partial charge in [0.15, 0.2) is 11.6 Å². The SMILES string of the molecule is COCCOc1nc(N)c2c(n1)N(Cc1ccc(-c3cccc(CN4CCCC4)c3)cc1)CC(=O)N2.